The second kappa shape index (κ2) is 6.57. The van der Waals surface area contributed by atoms with Crippen LogP contribution in [-0.2, 0) is 16.1 Å². The molecule has 1 fully saturated rings. The number of hydrogen-bond donors (Lipinski definition) is 1. The number of hydrogen-bond acceptors (Lipinski definition) is 4. The minimum atomic E-state index is -0.173. The normalized spacial score (nSPS) is 20.2. The summed E-state index contributed by atoms with van der Waals surface area (Å²) in [6, 6.07) is 7.11. The Hall–Kier alpha value is -1.55. The first-order chi connectivity index (χ1) is 9.22. The van der Waals surface area contributed by atoms with Gasteiger partial charge in [-0.3, -0.25) is 9.69 Å². The molecule has 1 aliphatic rings. The standard InChI is InChI=1S/C15H21NO3/c1-2-19-15(18)13-8-5-6-10-16(13)11-12-7-3-4-9-14(12)17/h3-4,7,9,13,17H,2,5-6,8,10-11H2,1H3. The van der Waals surface area contributed by atoms with Crippen molar-refractivity contribution < 1.29 is 14.6 Å². The quantitative estimate of drug-likeness (QED) is 0.847. The van der Waals surface area contributed by atoms with Crippen molar-refractivity contribution in [3.63, 3.8) is 0 Å². The van der Waals surface area contributed by atoms with Crippen molar-refractivity contribution >= 4 is 5.97 Å². The Morgan fingerprint density at radius 2 is 2.21 bits per heavy atom. The van der Waals surface area contributed by atoms with Crippen molar-refractivity contribution in [2.75, 3.05) is 13.2 Å². The minimum Gasteiger partial charge on any atom is -0.508 e. The van der Waals surface area contributed by atoms with Crippen molar-refractivity contribution in [3.8, 4) is 5.75 Å². The fourth-order valence-corrected chi connectivity index (χ4v) is 2.55. The summed E-state index contributed by atoms with van der Waals surface area (Å²) in [5.74, 6) is 0.147. The Kier molecular flexibility index (Phi) is 4.80. The summed E-state index contributed by atoms with van der Waals surface area (Å²) in [7, 11) is 0. The highest BCUT2D eigenvalue weighted by atomic mass is 16.5. The molecule has 4 nitrogen and oxygen atoms in total. The van der Waals surface area contributed by atoms with E-state index in [1.807, 2.05) is 19.1 Å². The molecule has 1 saturated heterocycles. The number of aromatic hydroxyl groups is 1. The molecule has 1 heterocycles. The largest absolute Gasteiger partial charge is 0.508 e. The Morgan fingerprint density at radius 1 is 1.42 bits per heavy atom. The van der Waals surface area contributed by atoms with Crippen LogP contribution in [0.1, 0.15) is 31.7 Å². The van der Waals surface area contributed by atoms with Gasteiger partial charge in [-0.25, -0.2) is 0 Å². The van der Waals surface area contributed by atoms with E-state index in [0.717, 1.165) is 31.4 Å². The second-order valence-corrected chi connectivity index (χ2v) is 4.86. The van der Waals surface area contributed by atoms with E-state index in [2.05, 4.69) is 4.90 Å². The van der Waals surface area contributed by atoms with Crippen molar-refractivity contribution in [2.45, 2.75) is 38.8 Å². The van der Waals surface area contributed by atoms with Crippen LogP contribution in [0, 0.1) is 0 Å². The number of phenols is 1. The number of para-hydroxylation sites is 1. The summed E-state index contributed by atoms with van der Waals surface area (Å²) in [6.07, 6.45) is 2.98. The van der Waals surface area contributed by atoms with E-state index in [-0.39, 0.29) is 17.8 Å². The highest BCUT2D eigenvalue weighted by Crippen LogP contribution is 2.24. The van der Waals surface area contributed by atoms with Gasteiger partial charge >= 0.3 is 5.97 Å². The lowest BCUT2D eigenvalue weighted by Crippen LogP contribution is -2.44. The number of phenolic OH excluding ortho intramolecular Hbond substituents is 1. The maximum atomic E-state index is 12.0. The Bertz CT molecular complexity index is 433. The van der Waals surface area contributed by atoms with E-state index in [1.165, 1.54) is 0 Å². The van der Waals surface area contributed by atoms with E-state index >= 15 is 0 Å². The number of carbonyl (C=O) groups excluding carboxylic acids is 1. The number of rotatable bonds is 4. The summed E-state index contributed by atoms with van der Waals surface area (Å²) in [4.78, 5) is 14.1. The fraction of sp³-hybridized carbons (Fsp3) is 0.533. The van der Waals surface area contributed by atoms with Gasteiger partial charge in [0.15, 0.2) is 0 Å². The highest BCUT2D eigenvalue weighted by molar-refractivity contribution is 5.75. The van der Waals surface area contributed by atoms with Crippen LogP contribution in [-0.4, -0.2) is 35.2 Å². The zero-order chi connectivity index (χ0) is 13.7. The smallest absolute Gasteiger partial charge is 0.323 e. The van der Waals surface area contributed by atoms with Crippen molar-refractivity contribution in [1.29, 1.82) is 0 Å². The lowest BCUT2D eigenvalue weighted by Gasteiger charge is -2.34. The molecule has 0 saturated carbocycles. The van der Waals surface area contributed by atoms with Crippen molar-refractivity contribution in [1.82, 2.24) is 4.90 Å². The summed E-state index contributed by atoms with van der Waals surface area (Å²) in [6.45, 7) is 3.71. The van der Waals surface area contributed by atoms with Gasteiger partial charge in [-0.2, -0.15) is 0 Å². The molecule has 1 atom stereocenters. The van der Waals surface area contributed by atoms with Crippen molar-refractivity contribution in [2.24, 2.45) is 0 Å². The van der Waals surface area contributed by atoms with Crippen LogP contribution in [0.4, 0.5) is 0 Å². The molecule has 0 bridgehead atoms. The topological polar surface area (TPSA) is 49.8 Å². The zero-order valence-corrected chi connectivity index (χ0v) is 11.3. The number of esters is 1. The second-order valence-electron chi connectivity index (χ2n) is 4.86. The molecule has 19 heavy (non-hydrogen) atoms. The number of benzene rings is 1. The summed E-state index contributed by atoms with van der Waals surface area (Å²) >= 11 is 0. The third kappa shape index (κ3) is 3.47. The van der Waals surface area contributed by atoms with Gasteiger partial charge in [-0.15, -0.1) is 0 Å². The molecular formula is C15H21NO3. The van der Waals surface area contributed by atoms with Gasteiger partial charge in [-0.1, -0.05) is 24.6 Å². The molecule has 0 aromatic heterocycles. The average Bonchev–Trinajstić information content (AvgIpc) is 2.42. The van der Waals surface area contributed by atoms with Crippen LogP contribution >= 0.6 is 0 Å². The molecule has 104 valence electrons. The number of carbonyl (C=O) groups is 1. The first kappa shape index (κ1) is 13.9. The SMILES string of the molecule is CCOC(=O)C1CCCCN1Cc1ccccc1O. The number of ether oxygens (including phenoxy) is 1. The van der Waals surface area contributed by atoms with Gasteiger partial charge in [0.2, 0.25) is 0 Å². The first-order valence-electron chi connectivity index (χ1n) is 6.90. The van der Waals surface area contributed by atoms with Gasteiger partial charge in [0.25, 0.3) is 0 Å². The molecule has 1 N–H and O–H groups in total. The molecule has 1 aromatic rings. The molecule has 1 aliphatic heterocycles. The first-order valence-corrected chi connectivity index (χ1v) is 6.90. The third-order valence-electron chi connectivity index (χ3n) is 3.54. The molecule has 1 unspecified atom stereocenters. The predicted molar refractivity (Wildman–Crippen MR) is 72.8 cm³/mol. The monoisotopic (exact) mass is 263 g/mol. The van der Waals surface area contributed by atoms with Gasteiger partial charge in [0.05, 0.1) is 6.61 Å². The van der Waals surface area contributed by atoms with Crippen molar-refractivity contribution in [3.05, 3.63) is 29.8 Å². The molecule has 4 heteroatoms. The maximum absolute atomic E-state index is 12.0. The lowest BCUT2D eigenvalue weighted by molar-refractivity contribution is -0.151. The van der Waals surface area contributed by atoms with Crippen LogP contribution in [0.5, 0.6) is 5.75 Å². The highest BCUT2D eigenvalue weighted by Gasteiger charge is 2.30. The number of likely N-dealkylation sites (tertiary alicyclic amines) is 1. The summed E-state index contributed by atoms with van der Waals surface area (Å²) in [5, 5.41) is 9.83. The minimum absolute atomic E-state index is 0.141. The predicted octanol–water partition coefficient (Wildman–Crippen LogP) is 2.31. The Balaban J connectivity index is 2.07. The van der Waals surface area contributed by atoms with E-state index in [9.17, 15) is 9.90 Å². The zero-order valence-electron chi connectivity index (χ0n) is 11.3. The Labute approximate surface area is 114 Å². The van der Waals surface area contributed by atoms with E-state index in [1.54, 1.807) is 12.1 Å². The van der Waals surface area contributed by atoms with E-state index in [4.69, 9.17) is 4.74 Å². The van der Waals surface area contributed by atoms with E-state index in [0.29, 0.717) is 13.2 Å². The molecule has 0 radical (unpaired) electrons. The molecular weight excluding hydrogens is 242 g/mol. The van der Waals surface area contributed by atoms with E-state index < -0.39 is 0 Å². The van der Waals surface area contributed by atoms with Gasteiger partial charge in [-0.05, 0) is 32.4 Å². The molecule has 0 spiro atoms. The number of nitrogens with zero attached hydrogens (tertiary/aromatic N) is 1. The number of piperidine rings is 1. The molecule has 2 rings (SSSR count). The van der Waals surface area contributed by atoms with Crippen LogP contribution < -0.4 is 0 Å². The average molecular weight is 263 g/mol. The molecule has 0 amide bonds. The summed E-state index contributed by atoms with van der Waals surface area (Å²) < 4.78 is 5.14. The third-order valence-corrected chi connectivity index (χ3v) is 3.54. The maximum Gasteiger partial charge on any atom is 0.323 e. The fourth-order valence-electron chi connectivity index (χ4n) is 2.55. The lowest BCUT2D eigenvalue weighted by atomic mass is 10.0. The Morgan fingerprint density at radius 3 is 2.95 bits per heavy atom. The van der Waals surface area contributed by atoms with Gasteiger partial charge < -0.3 is 9.84 Å². The summed E-state index contributed by atoms with van der Waals surface area (Å²) in [5.41, 5.74) is 0.860. The van der Waals surface area contributed by atoms with Gasteiger partial charge in [0, 0.05) is 12.1 Å². The molecule has 1 aromatic carbocycles. The van der Waals surface area contributed by atoms with Gasteiger partial charge in [0.1, 0.15) is 11.8 Å². The molecule has 0 aliphatic carbocycles. The van der Waals surface area contributed by atoms with Crippen LogP contribution in [0.2, 0.25) is 0 Å². The van der Waals surface area contributed by atoms with Crippen LogP contribution in [0.3, 0.4) is 0 Å². The van der Waals surface area contributed by atoms with Crippen LogP contribution in [0.15, 0.2) is 24.3 Å². The van der Waals surface area contributed by atoms with Crippen LogP contribution in [0.25, 0.3) is 0 Å².